The number of amides is 4. The number of carbonyl (C=O) groups excluding carboxylic acids is 3. The number of urea groups is 1. The zero-order chi connectivity index (χ0) is 28.5. The van der Waals surface area contributed by atoms with Gasteiger partial charge in [-0.15, -0.1) is 0 Å². The van der Waals surface area contributed by atoms with Crippen molar-refractivity contribution in [1.29, 1.82) is 0 Å². The number of ether oxygens (including phenoxy) is 1. The van der Waals surface area contributed by atoms with Crippen LogP contribution in [0.5, 0.6) is 11.5 Å². The van der Waals surface area contributed by atoms with Crippen molar-refractivity contribution < 1.29 is 31.7 Å². The van der Waals surface area contributed by atoms with Crippen molar-refractivity contribution in [3.05, 3.63) is 86.4 Å². The van der Waals surface area contributed by atoms with Crippen molar-refractivity contribution in [3.63, 3.8) is 0 Å². The van der Waals surface area contributed by atoms with Crippen LogP contribution in [0.25, 0.3) is 6.08 Å². The van der Waals surface area contributed by atoms with Crippen LogP contribution >= 0.6 is 27.5 Å². The van der Waals surface area contributed by atoms with Gasteiger partial charge in [-0.05, 0) is 90.3 Å². The third-order valence-corrected chi connectivity index (χ3v) is 7.89. The van der Waals surface area contributed by atoms with Gasteiger partial charge in [0.1, 0.15) is 10.5 Å². The molecule has 0 radical (unpaired) electrons. The SMILES string of the molecule is CCOc1cc(/C=C2\C(=O)NC(=O)N(c3ccc(C)c(Cl)c3)C2=O)cc(Br)c1OS(=O)(=O)c1ccc(C)cc1. The minimum Gasteiger partial charge on any atom is -0.490 e. The molecular formula is C27H22BrClN2O7S. The molecule has 0 saturated carbocycles. The maximum Gasteiger partial charge on any atom is 0.339 e. The summed E-state index contributed by atoms with van der Waals surface area (Å²) in [5.41, 5.74) is 1.79. The molecule has 4 rings (SSSR count). The van der Waals surface area contributed by atoms with Crippen LogP contribution in [0.4, 0.5) is 10.5 Å². The first kappa shape index (κ1) is 28.3. The summed E-state index contributed by atoms with van der Waals surface area (Å²) in [7, 11) is -4.20. The summed E-state index contributed by atoms with van der Waals surface area (Å²) in [6.45, 7) is 5.47. The van der Waals surface area contributed by atoms with Crippen LogP contribution in [0.1, 0.15) is 23.6 Å². The standard InChI is InChI=1S/C27H22BrClN2O7S/c1-4-37-23-13-17(12-21(28)24(23)38-39(35,36)19-9-5-15(2)6-10-19)11-20-25(32)30-27(34)31(26(20)33)18-8-7-16(3)22(29)14-18/h5-14H,4H2,1-3H3,(H,30,32,34)/b20-11+. The first-order valence-electron chi connectivity index (χ1n) is 11.6. The highest BCUT2D eigenvalue weighted by molar-refractivity contribution is 9.10. The largest absolute Gasteiger partial charge is 0.490 e. The second-order valence-electron chi connectivity index (χ2n) is 8.50. The molecule has 12 heteroatoms. The van der Waals surface area contributed by atoms with E-state index in [9.17, 15) is 22.8 Å². The van der Waals surface area contributed by atoms with E-state index in [1.165, 1.54) is 42.5 Å². The zero-order valence-corrected chi connectivity index (χ0v) is 24.1. The highest BCUT2D eigenvalue weighted by Crippen LogP contribution is 2.39. The number of imide groups is 2. The fourth-order valence-electron chi connectivity index (χ4n) is 3.66. The van der Waals surface area contributed by atoms with Crippen molar-refractivity contribution in [2.45, 2.75) is 25.7 Å². The quantitative estimate of drug-likeness (QED) is 0.206. The van der Waals surface area contributed by atoms with Gasteiger partial charge in [0.05, 0.1) is 16.8 Å². The number of nitrogens with zero attached hydrogens (tertiary/aromatic N) is 1. The van der Waals surface area contributed by atoms with E-state index in [1.54, 1.807) is 32.0 Å². The van der Waals surface area contributed by atoms with E-state index in [1.807, 2.05) is 6.92 Å². The van der Waals surface area contributed by atoms with Crippen molar-refractivity contribution in [1.82, 2.24) is 5.32 Å². The predicted octanol–water partition coefficient (Wildman–Crippen LogP) is 5.55. The van der Waals surface area contributed by atoms with E-state index in [2.05, 4.69) is 21.2 Å². The van der Waals surface area contributed by atoms with E-state index in [4.69, 9.17) is 20.5 Å². The van der Waals surface area contributed by atoms with Crippen LogP contribution in [0, 0.1) is 13.8 Å². The molecule has 1 aliphatic heterocycles. The molecule has 0 aliphatic carbocycles. The Hall–Kier alpha value is -3.67. The number of rotatable bonds is 7. The first-order valence-corrected chi connectivity index (χ1v) is 14.1. The van der Waals surface area contributed by atoms with Gasteiger partial charge < -0.3 is 8.92 Å². The van der Waals surface area contributed by atoms with Gasteiger partial charge in [0.25, 0.3) is 11.8 Å². The Morgan fingerprint density at radius 1 is 1.03 bits per heavy atom. The number of hydrogen-bond donors (Lipinski definition) is 1. The van der Waals surface area contributed by atoms with Crippen molar-refractivity contribution in [2.75, 3.05) is 11.5 Å². The first-order chi connectivity index (χ1) is 18.4. The molecule has 0 aromatic heterocycles. The molecule has 9 nitrogen and oxygen atoms in total. The predicted molar refractivity (Wildman–Crippen MR) is 149 cm³/mol. The monoisotopic (exact) mass is 632 g/mol. The molecule has 39 heavy (non-hydrogen) atoms. The van der Waals surface area contributed by atoms with Gasteiger partial charge in [-0.3, -0.25) is 14.9 Å². The van der Waals surface area contributed by atoms with Crippen molar-refractivity contribution in [3.8, 4) is 11.5 Å². The number of nitrogens with one attached hydrogen (secondary N) is 1. The fraction of sp³-hybridized carbons (Fsp3) is 0.148. The topological polar surface area (TPSA) is 119 Å². The Morgan fingerprint density at radius 3 is 2.36 bits per heavy atom. The molecule has 202 valence electrons. The zero-order valence-electron chi connectivity index (χ0n) is 20.9. The fourth-order valence-corrected chi connectivity index (χ4v) is 5.44. The lowest BCUT2D eigenvalue weighted by Gasteiger charge is -2.26. The molecule has 0 atom stereocenters. The van der Waals surface area contributed by atoms with E-state index in [0.717, 1.165) is 16.0 Å². The Bertz CT molecular complexity index is 1640. The number of anilines is 1. The average molecular weight is 634 g/mol. The van der Waals surface area contributed by atoms with Gasteiger partial charge in [-0.25, -0.2) is 9.69 Å². The lowest BCUT2D eigenvalue weighted by molar-refractivity contribution is -0.122. The summed E-state index contributed by atoms with van der Waals surface area (Å²) in [4.78, 5) is 39.2. The summed E-state index contributed by atoms with van der Waals surface area (Å²) in [6, 6.07) is 12.8. The molecule has 1 saturated heterocycles. The lowest BCUT2D eigenvalue weighted by atomic mass is 10.1. The van der Waals surface area contributed by atoms with Gasteiger partial charge in [-0.1, -0.05) is 35.4 Å². The third-order valence-electron chi connectivity index (χ3n) is 5.66. The van der Waals surface area contributed by atoms with E-state index in [0.29, 0.717) is 10.6 Å². The van der Waals surface area contributed by atoms with Crippen molar-refractivity contribution in [2.24, 2.45) is 0 Å². The third kappa shape index (κ3) is 6.00. The molecule has 3 aromatic rings. The molecule has 0 unspecified atom stereocenters. The normalized spacial score (nSPS) is 14.9. The summed E-state index contributed by atoms with van der Waals surface area (Å²) < 4.78 is 37.0. The Morgan fingerprint density at radius 2 is 1.72 bits per heavy atom. The van der Waals surface area contributed by atoms with Gasteiger partial charge in [0, 0.05) is 5.02 Å². The minimum absolute atomic E-state index is 0.0425. The number of benzene rings is 3. The summed E-state index contributed by atoms with van der Waals surface area (Å²) in [5, 5.41) is 2.49. The summed E-state index contributed by atoms with van der Waals surface area (Å²) >= 11 is 9.48. The van der Waals surface area contributed by atoms with E-state index < -0.39 is 28.0 Å². The van der Waals surface area contributed by atoms with Crippen LogP contribution < -0.4 is 19.1 Å². The number of aryl methyl sites for hydroxylation is 2. The molecule has 1 aliphatic rings. The smallest absolute Gasteiger partial charge is 0.339 e. The average Bonchev–Trinajstić information content (AvgIpc) is 2.86. The number of hydrogen-bond acceptors (Lipinski definition) is 7. The highest BCUT2D eigenvalue weighted by atomic mass is 79.9. The van der Waals surface area contributed by atoms with Gasteiger partial charge >= 0.3 is 16.1 Å². The van der Waals surface area contributed by atoms with Gasteiger partial charge in [0.15, 0.2) is 11.5 Å². The molecule has 1 fully saturated rings. The Kier molecular flexibility index (Phi) is 8.15. The molecule has 3 aromatic carbocycles. The summed E-state index contributed by atoms with van der Waals surface area (Å²) in [5.74, 6) is -1.81. The second-order valence-corrected chi connectivity index (χ2v) is 11.3. The maximum atomic E-state index is 13.3. The van der Waals surface area contributed by atoms with Crippen molar-refractivity contribution >= 4 is 67.3 Å². The van der Waals surface area contributed by atoms with Gasteiger partial charge in [-0.2, -0.15) is 8.42 Å². The number of carbonyl (C=O) groups is 3. The van der Waals surface area contributed by atoms with Crippen LogP contribution in [-0.2, 0) is 19.7 Å². The van der Waals surface area contributed by atoms with E-state index >= 15 is 0 Å². The molecule has 0 spiro atoms. The minimum atomic E-state index is -4.20. The van der Waals surface area contributed by atoms with Gasteiger partial charge in [0.2, 0.25) is 0 Å². The van der Waals surface area contributed by atoms with Crippen LogP contribution in [-0.4, -0.2) is 32.9 Å². The van der Waals surface area contributed by atoms with Crippen LogP contribution in [0.3, 0.4) is 0 Å². The molecule has 4 amide bonds. The Labute approximate surface area is 238 Å². The maximum absolute atomic E-state index is 13.3. The van der Waals surface area contributed by atoms with Crippen LogP contribution in [0.15, 0.2) is 69.5 Å². The lowest BCUT2D eigenvalue weighted by Crippen LogP contribution is -2.54. The summed E-state index contributed by atoms with van der Waals surface area (Å²) in [6.07, 6.45) is 1.26. The molecule has 0 bridgehead atoms. The highest BCUT2D eigenvalue weighted by Gasteiger charge is 2.37. The second kappa shape index (κ2) is 11.2. The number of barbiturate groups is 1. The molecule has 1 N–H and O–H groups in total. The van der Waals surface area contributed by atoms with E-state index in [-0.39, 0.29) is 38.7 Å². The number of halogens is 2. The Balaban J connectivity index is 1.72. The molecular weight excluding hydrogens is 612 g/mol. The van der Waals surface area contributed by atoms with Crippen LogP contribution in [0.2, 0.25) is 5.02 Å². The molecule has 1 heterocycles.